The number of hydrogen-bond acceptors (Lipinski definition) is 11. The Balaban J connectivity index is 1.16. The summed E-state index contributed by atoms with van der Waals surface area (Å²) in [6, 6.07) is 0. The molecule has 6 aliphatic carbocycles. The summed E-state index contributed by atoms with van der Waals surface area (Å²) in [5.41, 5.74) is 1.73. The molecule has 0 aromatic heterocycles. The molecule has 0 aromatic carbocycles. The second-order valence-electron chi connectivity index (χ2n) is 21.0. The number of fused-ring (bicyclic) bond motifs is 8. The molecule has 2 heterocycles. The first-order valence-electron chi connectivity index (χ1n) is 23.3. The first kappa shape index (κ1) is 42.8. The van der Waals surface area contributed by atoms with Crippen LogP contribution in [0.4, 0.5) is 0 Å². The van der Waals surface area contributed by atoms with Crippen molar-refractivity contribution in [1.82, 2.24) is 10.6 Å². The van der Waals surface area contributed by atoms with Gasteiger partial charge >= 0.3 is 0 Å². The first-order valence-corrected chi connectivity index (χ1v) is 23.3. The lowest BCUT2D eigenvalue weighted by Gasteiger charge is -2.63. The van der Waals surface area contributed by atoms with Gasteiger partial charge in [0.2, 0.25) is 0 Å². The minimum Gasteiger partial charge on any atom is -0.392 e. The standard InChI is InChI=1S/C47H75N3O8/c1-5-8-28-10-13-30-31-9-6-7-19-47(57,42(31)58-36(30)14-11-28)44(4,55)37-18-22-46(56)39-32(17-20-43(37,46)3)45(21-16-29-12-15-38(48)49-26-29)24-35(53)34(52)23-33(45)41(54)40(39)50-25-27(2)51/h12,15,26-28,30-38,42,49-53,55-57H,5-11,13-14,16-25,48H2,1-4H3. The highest BCUT2D eigenvalue weighted by atomic mass is 16.5. The normalized spacial score (nSPS) is 47.9. The van der Waals surface area contributed by atoms with Crippen molar-refractivity contribution < 1.29 is 40.2 Å². The third kappa shape index (κ3) is 6.70. The minimum absolute atomic E-state index is 0.0886. The van der Waals surface area contributed by atoms with Crippen LogP contribution in [0.2, 0.25) is 0 Å². The fraction of sp³-hybridized carbons (Fsp3) is 0.851. The summed E-state index contributed by atoms with van der Waals surface area (Å²) in [4.78, 5) is 15.1. The smallest absolute Gasteiger partial charge is 0.182 e. The zero-order valence-corrected chi connectivity index (χ0v) is 35.7. The largest absolute Gasteiger partial charge is 0.392 e. The zero-order valence-electron chi connectivity index (χ0n) is 35.7. The molecule has 0 radical (unpaired) electrons. The molecule has 58 heavy (non-hydrogen) atoms. The Labute approximate surface area is 346 Å². The van der Waals surface area contributed by atoms with E-state index in [2.05, 4.69) is 24.5 Å². The van der Waals surface area contributed by atoms with Crippen molar-refractivity contribution in [2.75, 3.05) is 6.54 Å². The van der Waals surface area contributed by atoms with Crippen LogP contribution in [0.25, 0.3) is 0 Å². The number of rotatable bonds is 10. The Morgan fingerprint density at radius 2 is 1.79 bits per heavy atom. The fourth-order valence-electron chi connectivity index (χ4n) is 14.9. The average Bonchev–Trinajstić information content (AvgIpc) is 3.52. The Morgan fingerprint density at radius 1 is 1.02 bits per heavy atom. The number of nitrogens with two attached hydrogens (primary N) is 1. The predicted octanol–water partition coefficient (Wildman–Crippen LogP) is 4.62. The van der Waals surface area contributed by atoms with Gasteiger partial charge in [-0.25, -0.2) is 0 Å². The van der Waals surface area contributed by atoms with E-state index >= 15 is 4.79 Å². The molecule has 1 saturated heterocycles. The number of aliphatic hydroxyl groups is 6. The third-order valence-corrected chi connectivity index (χ3v) is 18.0. The molecule has 11 nitrogen and oxygen atoms in total. The molecule has 17 atom stereocenters. The minimum atomic E-state index is -1.61. The van der Waals surface area contributed by atoms with Crippen molar-refractivity contribution in [2.45, 2.75) is 197 Å². The fourth-order valence-corrected chi connectivity index (χ4v) is 14.9. The highest BCUT2D eigenvalue weighted by Crippen LogP contribution is 2.71. The lowest BCUT2D eigenvalue weighted by molar-refractivity contribution is -0.252. The number of nitrogens with one attached hydrogen (secondary N) is 2. The summed E-state index contributed by atoms with van der Waals surface area (Å²) in [5.74, 6) is -0.311. The summed E-state index contributed by atoms with van der Waals surface area (Å²) in [6.07, 6.45) is 15.9. The van der Waals surface area contributed by atoms with Gasteiger partial charge < -0.3 is 51.7 Å². The maximum Gasteiger partial charge on any atom is 0.182 e. The van der Waals surface area contributed by atoms with Gasteiger partial charge in [0.25, 0.3) is 0 Å². The van der Waals surface area contributed by atoms with Crippen LogP contribution in [-0.4, -0.2) is 96.5 Å². The van der Waals surface area contributed by atoms with Crippen molar-refractivity contribution in [1.29, 1.82) is 0 Å². The Morgan fingerprint density at radius 3 is 2.52 bits per heavy atom. The highest BCUT2D eigenvalue weighted by molar-refractivity contribution is 6.00. The summed E-state index contributed by atoms with van der Waals surface area (Å²) in [6.45, 7) is 7.92. The molecule has 0 amide bonds. The van der Waals surface area contributed by atoms with Crippen LogP contribution >= 0.6 is 0 Å². The van der Waals surface area contributed by atoms with Crippen LogP contribution in [-0.2, 0) is 9.53 Å². The van der Waals surface area contributed by atoms with Crippen LogP contribution in [0.1, 0.15) is 143 Å². The Bertz CT molecular complexity index is 1650. The van der Waals surface area contributed by atoms with Crippen molar-refractivity contribution in [2.24, 2.45) is 52.1 Å². The summed E-state index contributed by atoms with van der Waals surface area (Å²) in [7, 11) is 0. The van der Waals surface area contributed by atoms with Crippen LogP contribution in [0.15, 0.2) is 35.2 Å². The number of dihydropyridines is 1. The number of ketones is 1. The topological polar surface area (TPSA) is 198 Å². The third-order valence-electron chi connectivity index (χ3n) is 18.0. The van der Waals surface area contributed by atoms with E-state index in [9.17, 15) is 30.6 Å². The molecule has 0 spiro atoms. The molecule has 0 bridgehead atoms. The van der Waals surface area contributed by atoms with Gasteiger partial charge in [-0.15, -0.1) is 0 Å². The van der Waals surface area contributed by atoms with E-state index in [1.807, 2.05) is 25.3 Å². The maximum atomic E-state index is 15.1. The van der Waals surface area contributed by atoms with Crippen molar-refractivity contribution in [3.63, 3.8) is 0 Å². The number of ether oxygens (including phenoxy) is 1. The van der Waals surface area contributed by atoms with E-state index in [1.165, 1.54) is 19.3 Å². The molecule has 17 unspecified atom stereocenters. The number of Topliss-reactive ketones (excluding diaryl/α,β-unsaturated/α-hetero) is 1. The molecule has 326 valence electrons. The second-order valence-corrected chi connectivity index (χ2v) is 21.0. The van der Waals surface area contributed by atoms with Crippen LogP contribution in [0.3, 0.4) is 0 Å². The Kier molecular flexibility index (Phi) is 11.7. The highest BCUT2D eigenvalue weighted by Gasteiger charge is 2.74. The number of hydrogen-bond donors (Lipinski definition) is 9. The summed E-state index contributed by atoms with van der Waals surface area (Å²) in [5, 5.41) is 79.6. The van der Waals surface area contributed by atoms with Crippen LogP contribution < -0.4 is 16.4 Å². The number of allylic oxidation sites excluding steroid dienone is 3. The SMILES string of the molecule is CCCC1CCC2OC3C(CCCCC3(O)C(C)(O)C3CCC4(O)C5=C(NCC(C)O)C(=O)C6CC(O)C(O)CC6(CCC6=CNC(N)C=C6)C5CCC34C)C2CC1. The summed E-state index contributed by atoms with van der Waals surface area (Å²) < 4.78 is 7.03. The van der Waals surface area contributed by atoms with E-state index in [0.29, 0.717) is 62.1 Å². The monoisotopic (exact) mass is 810 g/mol. The molecule has 8 rings (SSSR count). The zero-order chi connectivity index (χ0) is 41.4. The van der Waals surface area contributed by atoms with Crippen LogP contribution in [0, 0.1) is 46.3 Å². The molecule has 6 fully saturated rings. The molecular formula is C47H75N3O8. The van der Waals surface area contributed by atoms with Gasteiger partial charge in [-0.2, -0.15) is 0 Å². The lowest BCUT2D eigenvalue weighted by atomic mass is 9.43. The van der Waals surface area contributed by atoms with Gasteiger partial charge in [0.1, 0.15) is 5.60 Å². The maximum absolute atomic E-state index is 15.1. The van der Waals surface area contributed by atoms with Crippen LogP contribution in [0.5, 0.6) is 0 Å². The second kappa shape index (κ2) is 15.8. The predicted molar refractivity (Wildman–Crippen MR) is 222 cm³/mol. The van der Waals surface area contributed by atoms with E-state index in [1.54, 1.807) is 6.92 Å². The first-order chi connectivity index (χ1) is 27.5. The van der Waals surface area contributed by atoms with Crippen molar-refractivity contribution in [3.8, 4) is 0 Å². The Hall–Kier alpha value is -1.83. The van der Waals surface area contributed by atoms with E-state index in [0.717, 1.165) is 50.0 Å². The molecular weight excluding hydrogens is 735 g/mol. The number of carbonyl (C=O) groups is 1. The van der Waals surface area contributed by atoms with Gasteiger partial charge in [0, 0.05) is 24.1 Å². The summed E-state index contributed by atoms with van der Waals surface area (Å²) >= 11 is 0. The quantitative estimate of drug-likeness (QED) is 0.149. The van der Waals surface area contributed by atoms with E-state index in [-0.39, 0.29) is 49.3 Å². The molecule has 5 saturated carbocycles. The average molecular weight is 810 g/mol. The van der Waals surface area contributed by atoms with Gasteiger partial charge in [-0.1, -0.05) is 52.0 Å². The van der Waals surface area contributed by atoms with Gasteiger partial charge in [0.05, 0.1) is 53.6 Å². The van der Waals surface area contributed by atoms with Crippen molar-refractivity contribution >= 4 is 5.78 Å². The molecule has 8 aliphatic rings. The van der Waals surface area contributed by atoms with Gasteiger partial charge in [-0.3, -0.25) is 4.79 Å². The van der Waals surface area contributed by atoms with Gasteiger partial charge in [-0.05, 0) is 150 Å². The number of aliphatic hydroxyl groups excluding tert-OH is 3. The number of carbonyl (C=O) groups excluding carboxylic acids is 1. The van der Waals surface area contributed by atoms with E-state index in [4.69, 9.17) is 10.5 Å². The molecule has 0 aromatic rings. The lowest BCUT2D eigenvalue weighted by Crippen LogP contribution is -2.69. The molecule has 10 N–H and O–H groups in total. The molecule has 11 heteroatoms. The van der Waals surface area contributed by atoms with Crippen molar-refractivity contribution in [3.05, 3.63) is 35.2 Å². The van der Waals surface area contributed by atoms with E-state index < -0.39 is 63.9 Å². The van der Waals surface area contributed by atoms with Gasteiger partial charge in [0.15, 0.2) is 5.78 Å². The molecule has 2 aliphatic heterocycles.